The summed E-state index contributed by atoms with van der Waals surface area (Å²) < 4.78 is 5.49. The molecule has 2 heteroatoms. The second-order valence-corrected chi connectivity index (χ2v) is 6.50. The predicted molar refractivity (Wildman–Crippen MR) is 93.6 cm³/mol. The molecule has 0 saturated carbocycles. The lowest BCUT2D eigenvalue weighted by molar-refractivity contribution is 0.410. The number of aryl methyl sites for hydroxylation is 1. The van der Waals surface area contributed by atoms with Crippen LogP contribution in [-0.2, 0) is 0 Å². The summed E-state index contributed by atoms with van der Waals surface area (Å²) in [6.45, 7) is 6.60. The maximum Gasteiger partial charge on any atom is 0.123 e. The normalized spacial score (nSPS) is 13.8. The van der Waals surface area contributed by atoms with Gasteiger partial charge in [-0.1, -0.05) is 71.7 Å². The third-order valence-electron chi connectivity index (χ3n) is 4.07. The zero-order chi connectivity index (χ0) is 15.4. The van der Waals surface area contributed by atoms with Crippen molar-refractivity contribution < 1.29 is 4.74 Å². The van der Waals surface area contributed by atoms with Crippen LogP contribution in [0.2, 0.25) is 0 Å². The van der Waals surface area contributed by atoms with E-state index in [9.17, 15) is 0 Å². The molecular formula is C19H23BrO. The zero-order valence-corrected chi connectivity index (χ0v) is 14.8. The SMILES string of the molecule is CCC(C)c1ccc(C(Br)c2cc(C)ccc2OC)cc1. The van der Waals surface area contributed by atoms with Crippen LogP contribution >= 0.6 is 15.9 Å². The van der Waals surface area contributed by atoms with Crippen LogP contribution in [-0.4, -0.2) is 7.11 Å². The first-order chi connectivity index (χ1) is 10.1. The smallest absolute Gasteiger partial charge is 0.123 e. The molecule has 0 N–H and O–H groups in total. The van der Waals surface area contributed by atoms with Crippen LogP contribution in [0.25, 0.3) is 0 Å². The maximum atomic E-state index is 5.49. The highest BCUT2D eigenvalue weighted by Crippen LogP contribution is 2.37. The lowest BCUT2D eigenvalue weighted by atomic mass is 9.95. The molecule has 2 unspecified atom stereocenters. The molecule has 0 aromatic heterocycles. The van der Waals surface area contributed by atoms with Crippen molar-refractivity contribution in [2.75, 3.05) is 7.11 Å². The van der Waals surface area contributed by atoms with Gasteiger partial charge in [0, 0.05) is 5.56 Å². The summed E-state index contributed by atoms with van der Waals surface area (Å²) in [6, 6.07) is 15.2. The van der Waals surface area contributed by atoms with Crippen LogP contribution in [0, 0.1) is 6.92 Å². The van der Waals surface area contributed by atoms with Crippen molar-refractivity contribution in [1.29, 1.82) is 0 Å². The van der Waals surface area contributed by atoms with E-state index >= 15 is 0 Å². The standard InChI is InChI=1S/C19H23BrO/c1-5-14(3)15-7-9-16(10-8-15)19(20)17-12-13(2)6-11-18(17)21-4/h6-12,14,19H,5H2,1-4H3. The molecule has 2 rings (SSSR count). The van der Waals surface area contributed by atoms with Gasteiger partial charge in [-0.15, -0.1) is 0 Å². The first kappa shape index (κ1) is 16.1. The summed E-state index contributed by atoms with van der Waals surface area (Å²) >= 11 is 3.82. The molecule has 0 aliphatic rings. The number of alkyl halides is 1. The fraction of sp³-hybridized carbons (Fsp3) is 0.368. The van der Waals surface area contributed by atoms with Gasteiger partial charge in [0.15, 0.2) is 0 Å². The van der Waals surface area contributed by atoms with Gasteiger partial charge >= 0.3 is 0 Å². The first-order valence-corrected chi connectivity index (χ1v) is 8.36. The second kappa shape index (κ2) is 7.13. The van der Waals surface area contributed by atoms with E-state index in [1.165, 1.54) is 28.7 Å². The summed E-state index contributed by atoms with van der Waals surface area (Å²) in [7, 11) is 1.72. The molecule has 0 radical (unpaired) electrons. The summed E-state index contributed by atoms with van der Waals surface area (Å²) in [4.78, 5) is 0.151. The number of methoxy groups -OCH3 is 1. The van der Waals surface area contributed by atoms with Crippen molar-refractivity contribution in [3.8, 4) is 5.75 Å². The van der Waals surface area contributed by atoms with Gasteiger partial charge in [-0.05, 0) is 36.5 Å². The summed E-state index contributed by atoms with van der Waals surface area (Å²) in [6.07, 6.45) is 1.17. The van der Waals surface area contributed by atoms with Gasteiger partial charge in [-0.25, -0.2) is 0 Å². The Morgan fingerprint density at radius 3 is 2.24 bits per heavy atom. The number of benzene rings is 2. The molecule has 2 aromatic carbocycles. The number of halogens is 1. The van der Waals surface area contributed by atoms with E-state index in [0.29, 0.717) is 5.92 Å². The highest BCUT2D eigenvalue weighted by Gasteiger charge is 2.16. The highest BCUT2D eigenvalue weighted by molar-refractivity contribution is 9.09. The fourth-order valence-corrected chi connectivity index (χ4v) is 3.12. The molecule has 0 aliphatic carbocycles. The van der Waals surface area contributed by atoms with Gasteiger partial charge in [0.25, 0.3) is 0 Å². The molecule has 0 heterocycles. The molecule has 21 heavy (non-hydrogen) atoms. The summed E-state index contributed by atoms with van der Waals surface area (Å²) in [5, 5.41) is 0. The van der Waals surface area contributed by atoms with Crippen molar-refractivity contribution >= 4 is 15.9 Å². The van der Waals surface area contributed by atoms with Gasteiger partial charge in [-0.2, -0.15) is 0 Å². The van der Waals surface area contributed by atoms with Crippen LogP contribution in [0.4, 0.5) is 0 Å². The molecule has 2 aromatic rings. The average Bonchev–Trinajstić information content (AvgIpc) is 2.53. The molecule has 0 fully saturated rings. The van der Waals surface area contributed by atoms with E-state index in [0.717, 1.165) is 5.75 Å². The molecule has 0 bridgehead atoms. The topological polar surface area (TPSA) is 9.23 Å². The molecule has 0 aliphatic heterocycles. The number of ether oxygens (including phenoxy) is 1. The van der Waals surface area contributed by atoms with Crippen molar-refractivity contribution in [3.63, 3.8) is 0 Å². The molecular weight excluding hydrogens is 324 g/mol. The fourth-order valence-electron chi connectivity index (χ4n) is 2.46. The van der Waals surface area contributed by atoms with E-state index in [2.05, 4.69) is 73.1 Å². The average molecular weight is 347 g/mol. The van der Waals surface area contributed by atoms with Gasteiger partial charge in [0.05, 0.1) is 11.9 Å². The molecule has 2 atom stereocenters. The van der Waals surface area contributed by atoms with Crippen LogP contribution in [0.15, 0.2) is 42.5 Å². The lowest BCUT2D eigenvalue weighted by Crippen LogP contribution is -1.99. The largest absolute Gasteiger partial charge is 0.496 e. The zero-order valence-electron chi connectivity index (χ0n) is 13.2. The van der Waals surface area contributed by atoms with Crippen molar-refractivity contribution in [1.82, 2.24) is 0 Å². The minimum atomic E-state index is 0.151. The van der Waals surface area contributed by atoms with E-state index in [4.69, 9.17) is 4.74 Å². The Bertz CT molecular complexity index is 589. The van der Waals surface area contributed by atoms with Crippen molar-refractivity contribution in [3.05, 3.63) is 64.7 Å². The van der Waals surface area contributed by atoms with Gasteiger partial charge in [0.2, 0.25) is 0 Å². The third-order valence-corrected chi connectivity index (χ3v) is 5.09. The van der Waals surface area contributed by atoms with Crippen LogP contribution in [0.5, 0.6) is 5.75 Å². The van der Waals surface area contributed by atoms with Crippen LogP contribution < -0.4 is 4.74 Å². The van der Waals surface area contributed by atoms with Crippen molar-refractivity contribution in [2.24, 2.45) is 0 Å². The van der Waals surface area contributed by atoms with E-state index in [1.54, 1.807) is 7.11 Å². The van der Waals surface area contributed by atoms with Crippen LogP contribution in [0.3, 0.4) is 0 Å². The predicted octanol–water partition coefficient (Wildman–Crippen LogP) is 6.00. The minimum absolute atomic E-state index is 0.151. The summed E-state index contributed by atoms with van der Waals surface area (Å²) in [5.41, 5.74) is 5.07. The first-order valence-electron chi connectivity index (χ1n) is 7.45. The minimum Gasteiger partial charge on any atom is -0.496 e. The third kappa shape index (κ3) is 3.68. The van der Waals surface area contributed by atoms with E-state index < -0.39 is 0 Å². The maximum absolute atomic E-state index is 5.49. The Morgan fingerprint density at radius 2 is 1.67 bits per heavy atom. The lowest BCUT2D eigenvalue weighted by Gasteiger charge is -2.17. The number of hydrogen-bond acceptors (Lipinski definition) is 1. The summed E-state index contributed by atoms with van der Waals surface area (Å²) in [5.74, 6) is 1.54. The van der Waals surface area contributed by atoms with Gasteiger partial charge in [-0.3, -0.25) is 0 Å². The molecule has 0 saturated heterocycles. The van der Waals surface area contributed by atoms with Crippen LogP contribution in [0.1, 0.15) is 53.3 Å². The number of rotatable bonds is 5. The van der Waals surface area contributed by atoms with E-state index in [1.807, 2.05) is 6.07 Å². The van der Waals surface area contributed by atoms with Gasteiger partial charge in [0.1, 0.15) is 5.75 Å². The molecule has 112 valence electrons. The Hall–Kier alpha value is -1.28. The monoisotopic (exact) mass is 346 g/mol. The Labute approximate surface area is 136 Å². The molecule has 0 amide bonds. The highest BCUT2D eigenvalue weighted by atomic mass is 79.9. The Morgan fingerprint density at radius 1 is 1.05 bits per heavy atom. The molecule has 0 spiro atoms. The van der Waals surface area contributed by atoms with Gasteiger partial charge < -0.3 is 4.74 Å². The van der Waals surface area contributed by atoms with E-state index in [-0.39, 0.29) is 4.83 Å². The second-order valence-electron chi connectivity index (χ2n) is 5.58. The Balaban J connectivity index is 2.31. The van der Waals surface area contributed by atoms with Crippen molar-refractivity contribution in [2.45, 2.75) is 37.9 Å². The Kier molecular flexibility index (Phi) is 5.46. The quantitative estimate of drug-likeness (QED) is 0.603. The number of hydrogen-bond donors (Lipinski definition) is 0. The molecule has 1 nitrogen and oxygen atoms in total.